The van der Waals surface area contributed by atoms with E-state index in [-0.39, 0.29) is 11.3 Å². The first kappa shape index (κ1) is 20.5. The van der Waals surface area contributed by atoms with Gasteiger partial charge in [0.15, 0.2) is 0 Å². The number of methoxy groups -OCH3 is 1. The Hall–Kier alpha value is -3.26. The van der Waals surface area contributed by atoms with Crippen LogP contribution in [0.25, 0.3) is 0 Å². The van der Waals surface area contributed by atoms with Crippen molar-refractivity contribution in [2.45, 2.75) is 26.3 Å². The van der Waals surface area contributed by atoms with Gasteiger partial charge in [0, 0.05) is 36.1 Å². The van der Waals surface area contributed by atoms with E-state index in [2.05, 4.69) is 10.5 Å². The third-order valence-electron chi connectivity index (χ3n) is 5.09. The molecule has 1 heterocycles. The predicted octanol–water partition coefficient (Wildman–Crippen LogP) is 1.94. The number of carbonyl (C=O) groups excluding carboxylic acids is 1. The second kappa shape index (κ2) is 9.29. The lowest BCUT2D eigenvalue weighted by Gasteiger charge is -2.15. The number of likely N-dealkylation sites (tertiary alicyclic amines) is 1. The van der Waals surface area contributed by atoms with Gasteiger partial charge in [-0.05, 0) is 36.8 Å². The van der Waals surface area contributed by atoms with E-state index in [1.54, 1.807) is 7.11 Å². The van der Waals surface area contributed by atoms with Crippen LogP contribution in [-0.4, -0.2) is 36.7 Å². The lowest BCUT2D eigenvalue weighted by atomic mass is 10.1. The zero-order valence-electron chi connectivity index (χ0n) is 16.6. The van der Waals surface area contributed by atoms with Crippen molar-refractivity contribution in [3.05, 3.63) is 69.3 Å². The van der Waals surface area contributed by atoms with E-state index >= 15 is 0 Å². The molecule has 1 aliphatic rings. The van der Waals surface area contributed by atoms with Crippen LogP contribution < -0.4 is 15.1 Å². The van der Waals surface area contributed by atoms with Crippen molar-refractivity contribution in [2.24, 2.45) is 5.10 Å². The fourth-order valence-corrected chi connectivity index (χ4v) is 3.49. The van der Waals surface area contributed by atoms with Crippen molar-refractivity contribution in [3.63, 3.8) is 0 Å². The van der Waals surface area contributed by atoms with Crippen LogP contribution >= 0.6 is 0 Å². The number of nitro benzene ring substituents is 1. The van der Waals surface area contributed by atoms with Crippen molar-refractivity contribution in [3.8, 4) is 5.75 Å². The molecule has 0 radical (unpaired) electrons. The van der Waals surface area contributed by atoms with Crippen molar-refractivity contribution in [1.29, 1.82) is 0 Å². The number of hydrazone groups is 1. The number of nitro groups is 1. The van der Waals surface area contributed by atoms with Crippen LogP contribution in [0.4, 0.5) is 5.69 Å². The van der Waals surface area contributed by atoms with Gasteiger partial charge in [-0.2, -0.15) is 5.10 Å². The van der Waals surface area contributed by atoms with E-state index in [9.17, 15) is 14.9 Å². The van der Waals surface area contributed by atoms with Gasteiger partial charge in [0.1, 0.15) is 12.3 Å². The molecule has 0 bridgehead atoms. The number of carbonyl (C=O) groups is 1. The Morgan fingerprint density at radius 3 is 2.66 bits per heavy atom. The van der Waals surface area contributed by atoms with E-state index in [0.717, 1.165) is 23.4 Å². The molecule has 0 saturated carbocycles. The van der Waals surface area contributed by atoms with Crippen LogP contribution in [-0.2, 0) is 6.54 Å². The summed E-state index contributed by atoms with van der Waals surface area (Å²) in [5.41, 5.74) is 5.16. The van der Waals surface area contributed by atoms with Gasteiger partial charge >= 0.3 is 0 Å². The third kappa shape index (κ3) is 5.17. The van der Waals surface area contributed by atoms with Gasteiger partial charge in [-0.15, -0.1) is 0 Å². The van der Waals surface area contributed by atoms with Gasteiger partial charge in [0.25, 0.3) is 11.6 Å². The largest absolute Gasteiger partial charge is 0.496 e. The molecule has 0 unspecified atom stereocenters. The van der Waals surface area contributed by atoms with E-state index in [4.69, 9.17) is 4.74 Å². The van der Waals surface area contributed by atoms with Gasteiger partial charge in [0.05, 0.1) is 30.8 Å². The number of quaternary nitrogens is 1. The molecule has 0 atom stereocenters. The molecule has 1 saturated heterocycles. The maximum atomic E-state index is 12.3. The van der Waals surface area contributed by atoms with Crippen LogP contribution in [0.5, 0.6) is 5.75 Å². The van der Waals surface area contributed by atoms with Crippen LogP contribution in [0.2, 0.25) is 0 Å². The van der Waals surface area contributed by atoms with Crippen molar-refractivity contribution < 1.29 is 19.4 Å². The number of hydrogen-bond acceptors (Lipinski definition) is 5. The van der Waals surface area contributed by atoms with Gasteiger partial charge < -0.3 is 9.64 Å². The number of rotatable bonds is 7. The number of amides is 1. The summed E-state index contributed by atoms with van der Waals surface area (Å²) >= 11 is 0. The summed E-state index contributed by atoms with van der Waals surface area (Å²) in [6.45, 7) is 5.03. The lowest BCUT2D eigenvalue weighted by molar-refractivity contribution is -0.901. The molecule has 0 aromatic heterocycles. The number of hydrogen-bond donors (Lipinski definition) is 2. The predicted molar refractivity (Wildman–Crippen MR) is 109 cm³/mol. The van der Waals surface area contributed by atoms with Crippen LogP contribution in [0.3, 0.4) is 0 Å². The minimum atomic E-state index is -0.535. The molecule has 0 aliphatic carbocycles. The molecule has 2 N–H and O–H groups in total. The fourth-order valence-electron chi connectivity index (χ4n) is 3.49. The van der Waals surface area contributed by atoms with E-state index in [1.165, 1.54) is 55.1 Å². The van der Waals surface area contributed by atoms with Crippen molar-refractivity contribution in [2.75, 3.05) is 20.2 Å². The summed E-state index contributed by atoms with van der Waals surface area (Å²) in [6.07, 6.45) is 2.50. The van der Waals surface area contributed by atoms with Gasteiger partial charge in [-0.3, -0.25) is 14.9 Å². The summed E-state index contributed by atoms with van der Waals surface area (Å²) in [4.78, 5) is 24.2. The molecule has 29 heavy (non-hydrogen) atoms. The van der Waals surface area contributed by atoms with Crippen LogP contribution in [0.15, 0.2) is 47.6 Å². The number of nitrogens with one attached hydrogen (secondary N) is 2. The molecule has 2 aromatic rings. The fraction of sp³-hybridized carbons (Fsp3) is 0.333. The summed E-state index contributed by atoms with van der Waals surface area (Å²) in [7, 11) is 1.66. The molecule has 8 nitrogen and oxygen atoms in total. The Morgan fingerprint density at radius 2 is 1.97 bits per heavy atom. The first-order valence-corrected chi connectivity index (χ1v) is 9.58. The molecule has 1 aliphatic heterocycles. The summed E-state index contributed by atoms with van der Waals surface area (Å²) < 4.78 is 5.50. The highest BCUT2D eigenvalue weighted by molar-refractivity contribution is 6.01. The van der Waals surface area contributed by atoms with Crippen LogP contribution in [0, 0.1) is 10.1 Å². The Balaban J connectivity index is 1.74. The molecule has 1 amide bonds. The quantitative estimate of drug-likeness (QED) is 0.424. The lowest BCUT2D eigenvalue weighted by Crippen LogP contribution is -3.08. The van der Waals surface area contributed by atoms with Gasteiger partial charge in [0.2, 0.25) is 0 Å². The van der Waals surface area contributed by atoms with Gasteiger partial charge in [-0.25, -0.2) is 5.43 Å². The molecular formula is C21H25N4O4+. The second-order valence-corrected chi connectivity index (χ2v) is 7.11. The van der Waals surface area contributed by atoms with E-state index < -0.39 is 10.8 Å². The molecule has 8 heteroatoms. The normalized spacial score (nSPS) is 14.6. The summed E-state index contributed by atoms with van der Waals surface area (Å²) in [5.74, 6) is 0.352. The highest BCUT2D eigenvalue weighted by atomic mass is 16.6. The maximum absolute atomic E-state index is 12.3. The standard InChI is InChI=1S/C21H24N4O4/c1-15(22-23-21(26)17-6-5-7-19(13-17)25(27)28)16-8-9-20(29-2)18(12-16)14-24-10-3-4-11-24/h5-9,12-13H,3-4,10-11,14H2,1-2H3,(H,23,26)/p+1/b22-15-. The number of benzene rings is 2. The number of nitrogens with zero attached hydrogens (tertiary/aromatic N) is 2. The van der Waals surface area contributed by atoms with Crippen molar-refractivity contribution in [1.82, 2.24) is 5.43 Å². The summed E-state index contributed by atoms with van der Waals surface area (Å²) in [6, 6.07) is 11.4. The maximum Gasteiger partial charge on any atom is 0.271 e. The monoisotopic (exact) mass is 397 g/mol. The minimum Gasteiger partial charge on any atom is -0.496 e. The molecule has 1 fully saturated rings. The molecule has 3 rings (SSSR count). The average Bonchev–Trinajstić information content (AvgIpc) is 3.24. The van der Waals surface area contributed by atoms with Gasteiger partial charge in [-0.1, -0.05) is 6.07 Å². The first-order chi connectivity index (χ1) is 14.0. The Kier molecular flexibility index (Phi) is 6.56. The second-order valence-electron chi connectivity index (χ2n) is 7.11. The first-order valence-electron chi connectivity index (χ1n) is 9.58. The Bertz CT molecular complexity index is 936. The summed E-state index contributed by atoms with van der Waals surface area (Å²) in [5, 5.41) is 15.0. The molecule has 0 spiro atoms. The Labute approximate surface area is 169 Å². The zero-order valence-corrected chi connectivity index (χ0v) is 16.6. The number of ether oxygens (including phenoxy) is 1. The van der Waals surface area contributed by atoms with Crippen LogP contribution in [0.1, 0.15) is 41.3 Å². The molecule has 152 valence electrons. The highest BCUT2D eigenvalue weighted by Gasteiger charge is 2.18. The topological polar surface area (TPSA) is 98.3 Å². The SMILES string of the molecule is COc1ccc(/C(C)=N\NC(=O)c2cccc([N+](=O)[O-])c2)cc1C[NH+]1CCCC1. The van der Waals surface area contributed by atoms with E-state index in [0.29, 0.717) is 5.71 Å². The average molecular weight is 397 g/mol. The smallest absolute Gasteiger partial charge is 0.271 e. The minimum absolute atomic E-state index is 0.137. The van der Waals surface area contributed by atoms with Crippen molar-refractivity contribution >= 4 is 17.3 Å². The third-order valence-corrected chi connectivity index (χ3v) is 5.09. The zero-order chi connectivity index (χ0) is 20.8. The number of non-ortho nitro benzene ring substituents is 1. The van der Waals surface area contributed by atoms with E-state index in [1.807, 2.05) is 25.1 Å². The molecular weight excluding hydrogens is 372 g/mol. The Morgan fingerprint density at radius 1 is 1.21 bits per heavy atom. The molecule has 2 aromatic carbocycles. The highest BCUT2D eigenvalue weighted by Crippen LogP contribution is 2.20.